The van der Waals surface area contributed by atoms with Crippen molar-refractivity contribution in [2.75, 3.05) is 0 Å². The quantitative estimate of drug-likeness (QED) is 0.353. The molecule has 0 aliphatic carbocycles. The van der Waals surface area contributed by atoms with Gasteiger partial charge >= 0.3 is 0 Å². The fraction of sp³-hybridized carbons (Fsp3) is 0.483. The van der Waals surface area contributed by atoms with Crippen molar-refractivity contribution in [3.05, 3.63) is 82.4 Å². The minimum Gasteiger partial charge on any atom is -0.390 e. The summed E-state index contributed by atoms with van der Waals surface area (Å²) in [6.45, 7) is 11.8. The molecular weight excluding hydrogens is 465 g/mol. The number of likely N-dealkylation sites (tertiary alicyclic amines) is 1. The van der Waals surface area contributed by atoms with E-state index in [0.717, 1.165) is 24.0 Å². The molecule has 0 saturated carbocycles. The molecule has 0 radical (unpaired) electrons. The van der Waals surface area contributed by atoms with Gasteiger partial charge < -0.3 is 10.0 Å². The third-order valence-corrected chi connectivity index (χ3v) is 7.63. The summed E-state index contributed by atoms with van der Waals surface area (Å²) in [5.74, 6) is 0.201. The van der Waals surface area contributed by atoms with Crippen molar-refractivity contribution in [1.82, 2.24) is 4.90 Å². The molecule has 0 bridgehead atoms. The molecular formula is C29H37Cl2NO2. The zero-order valence-corrected chi connectivity index (χ0v) is 22.2. The van der Waals surface area contributed by atoms with Gasteiger partial charge in [0.2, 0.25) is 5.91 Å². The maximum Gasteiger partial charge on any atom is 0.229 e. The van der Waals surface area contributed by atoms with Crippen LogP contribution in [0.1, 0.15) is 82.9 Å². The van der Waals surface area contributed by atoms with Crippen LogP contribution in [-0.2, 0) is 4.79 Å². The van der Waals surface area contributed by atoms with Crippen molar-refractivity contribution in [2.24, 2.45) is 5.41 Å². The van der Waals surface area contributed by atoms with Gasteiger partial charge in [-0.3, -0.25) is 4.79 Å². The largest absolute Gasteiger partial charge is 0.390 e. The third kappa shape index (κ3) is 6.05. The van der Waals surface area contributed by atoms with Gasteiger partial charge in [-0.05, 0) is 81.3 Å². The molecule has 1 fully saturated rings. The number of allylic oxidation sites excluding steroid dienone is 1. The van der Waals surface area contributed by atoms with Crippen molar-refractivity contribution >= 4 is 29.1 Å². The highest BCUT2D eigenvalue weighted by Gasteiger charge is 2.50. The van der Waals surface area contributed by atoms with Gasteiger partial charge in [0.05, 0.1) is 17.1 Å². The molecule has 4 atom stereocenters. The normalized spacial score (nSPS) is 24.2. The van der Waals surface area contributed by atoms with E-state index >= 15 is 0 Å². The molecule has 1 saturated heterocycles. The molecule has 2 aromatic carbocycles. The van der Waals surface area contributed by atoms with Crippen LogP contribution in [0.2, 0.25) is 10.0 Å². The Bertz CT molecular complexity index is 998. The minimum absolute atomic E-state index is 0.00859. The smallest absolute Gasteiger partial charge is 0.229 e. The minimum atomic E-state index is -0.793. The van der Waals surface area contributed by atoms with Crippen molar-refractivity contribution < 1.29 is 9.90 Å². The Morgan fingerprint density at radius 1 is 1.18 bits per heavy atom. The first-order valence-electron chi connectivity index (χ1n) is 12.2. The lowest BCUT2D eigenvalue weighted by Crippen LogP contribution is -2.55. The fourth-order valence-corrected chi connectivity index (χ4v) is 5.67. The maximum atomic E-state index is 14.2. The summed E-state index contributed by atoms with van der Waals surface area (Å²) in [4.78, 5) is 16.3. The first-order chi connectivity index (χ1) is 16.0. The number of aliphatic hydroxyl groups is 1. The van der Waals surface area contributed by atoms with Crippen LogP contribution in [0, 0.1) is 5.41 Å². The van der Waals surface area contributed by atoms with Gasteiger partial charge in [-0.1, -0.05) is 67.4 Å². The highest BCUT2D eigenvalue weighted by Crippen LogP contribution is 2.52. The average molecular weight is 503 g/mol. The number of amides is 1. The Balaban J connectivity index is 2.19. The number of hydrogen-bond acceptors (Lipinski definition) is 2. The average Bonchev–Trinajstić information content (AvgIpc) is 2.77. The maximum absolute atomic E-state index is 14.2. The predicted octanol–water partition coefficient (Wildman–Crippen LogP) is 7.96. The number of rotatable bonds is 9. The lowest BCUT2D eigenvalue weighted by atomic mass is 9.67. The van der Waals surface area contributed by atoms with Crippen LogP contribution in [-0.4, -0.2) is 27.6 Å². The molecule has 4 unspecified atom stereocenters. The van der Waals surface area contributed by atoms with Crippen molar-refractivity contribution in [3.8, 4) is 0 Å². The number of nitrogens with zero attached hydrogens (tertiary/aromatic N) is 1. The molecule has 1 heterocycles. The predicted molar refractivity (Wildman–Crippen MR) is 142 cm³/mol. The monoisotopic (exact) mass is 501 g/mol. The molecule has 3 rings (SSSR count). The SMILES string of the molecule is C=CCC1(C)CC(c2cccc(Cl)c2)C(c2ccc(Cl)cc2)N(C(CC)CCC(C)(C)O)C1=O. The summed E-state index contributed by atoms with van der Waals surface area (Å²) >= 11 is 12.7. The van der Waals surface area contributed by atoms with E-state index < -0.39 is 11.0 Å². The molecule has 1 amide bonds. The number of halogens is 2. The van der Waals surface area contributed by atoms with Gasteiger partial charge in [0.25, 0.3) is 0 Å². The van der Waals surface area contributed by atoms with E-state index in [1.165, 1.54) is 0 Å². The first-order valence-corrected chi connectivity index (χ1v) is 12.9. The molecule has 1 aliphatic heterocycles. The topological polar surface area (TPSA) is 40.5 Å². The Labute approximate surface area is 214 Å². The summed E-state index contributed by atoms with van der Waals surface area (Å²) in [6, 6.07) is 15.7. The summed E-state index contributed by atoms with van der Waals surface area (Å²) in [7, 11) is 0. The van der Waals surface area contributed by atoms with Crippen LogP contribution in [0.25, 0.3) is 0 Å². The van der Waals surface area contributed by atoms with Gasteiger partial charge in [-0.2, -0.15) is 0 Å². The van der Waals surface area contributed by atoms with E-state index in [4.69, 9.17) is 23.2 Å². The number of carbonyl (C=O) groups is 1. The lowest BCUT2D eigenvalue weighted by Gasteiger charge is -2.52. The Morgan fingerprint density at radius 2 is 1.85 bits per heavy atom. The van der Waals surface area contributed by atoms with E-state index in [2.05, 4.69) is 31.4 Å². The summed E-state index contributed by atoms with van der Waals surface area (Å²) in [6.07, 6.45) is 5.30. The zero-order chi connectivity index (χ0) is 25.1. The molecule has 0 spiro atoms. The standard InChI is InChI=1S/C29H37Cl2NO2/c1-6-16-29(5)19-25(21-9-8-10-23(31)18-21)26(20-11-13-22(30)14-12-20)32(27(29)33)24(7-2)15-17-28(3,4)34/h6,8-14,18,24-26,34H,1,7,15-17,19H2,2-5H3. The second-order valence-electron chi connectivity index (χ2n) is 10.5. The molecule has 34 heavy (non-hydrogen) atoms. The van der Waals surface area contributed by atoms with Gasteiger partial charge in [-0.25, -0.2) is 0 Å². The van der Waals surface area contributed by atoms with Gasteiger partial charge in [0, 0.05) is 22.0 Å². The van der Waals surface area contributed by atoms with E-state index in [-0.39, 0.29) is 23.9 Å². The number of piperidine rings is 1. The molecule has 1 aliphatic rings. The molecule has 1 N–H and O–H groups in total. The molecule has 0 aromatic heterocycles. The number of benzene rings is 2. The van der Waals surface area contributed by atoms with Crippen LogP contribution in [0.15, 0.2) is 61.2 Å². The van der Waals surface area contributed by atoms with Gasteiger partial charge in [0.15, 0.2) is 0 Å². The summed E-state index contributed by atoms with van der Waals surface area (Å²) in [5, 5.41) is 11.8. The van der Waals surface area contributed by atoms with Crippen molar-refractivity contribution in [3.63, 3.8) is 0 Å². The Hall–Kier alpha value is -1.81. The van der Waals surface area contributed by atoms with Crippen molar-refractivity contribution in [1.29, 1.82) is 0 Å². The first kappa shape index (κ1) is 26.8. The lowest BCUT2D eigenvalue weighted by molar-refractivity contribution is -0.155. The van der Waals surface area contributed by atoms with Crippen LogP contribution < -0.4 is 0 Å². The van der Waals surface area contributed by atoms with Crippen LogP contribution in [0.4, 0.5) is 0 Å². The molecule has 184 valence electrons. The second kappa shape index (κ2) is 10.8. The molecule has 3 nitrogen and oxygen atoms in total. The van der Waals surface area contributed by atoms with Gasteiger partial charge in [0.1, 0.15) is 0 Å². The molecule has 5 heteroatoms. The van der Waals surface area contributed by atoms with Gasteiger partial charge in [-0.15, -0.1) is 6.58 Å². The Morgan fingerprint density at radius 3 is 2.41 bits per heavy atom. The second-order valence-corrected chi connectivity index (χ2v) is 11.4. The van der Waals surface area contributed by atoms with Crippen LogP contribution in [0.3, 0.4) is 0 Å². The van der Waals surface area contributed by atoms with E-state index in [1.54, 1.807) is 0 Å². The summed E-state index contributed by atoms with van der Waals surface area (Å²) < 4.78 is 0. The number of hydrogen-bond donors (Lipinski definition) is 1. The van der Waals surface area contributed by atoms with Crippen molar-refractivity contribution in [2.45, 2.75) is 83.4 Å². The third-order valence-electron chi connectivity index (χ3n) is 7.14. The number of carbonyl (C=O) groups excluding carboxylic acids is 1. The van der Waals surface area contributed by atoms with E-state index in [0.29, 0.717) is 29.3 Å². The highest BCUT2D eigenvalue weighted by molar-refractivity contribution is 6.30. The zero-order valence-electron chi connectivity index (χ0n) is 20.7. The van der Waals surface area contributed by atoms with E-state index in [9.17, 15) is 9.90 Å². The van der Waals surface area contributed by atoms with Crippen LogP contribution >= 0.6 is 23.2 Å². The van der Waals surface area contributed by atoms with E-state index in [1.807, 2.05) is 62.4 Å². The molecule has 2 aromatic rings. The highest BCUT2D eigenvalue weighted by atomic mass is 35.5. The Kier molecular flexibility index (Phi) is 8.55. The fourth-order valence-electron chi connectivity index (χ4n) is 5.35. The summed E-state index contributed by atoms with van der Waals surface area (Å²) in [5.41, 5.74) is 0.821. The van der Waals surface area contributed by atoms with Crippen LogP contribution in [0.5, 0.6) is 0 Å².